The van der Waals surface area contributed by atoms with Crippen molar-refractivity contribution in [1.29, 1.82) is 0 Å². The lowest BCUT2D eigenvalue weighted by Gasteiger charge is -2.54. The van der Waals surface area contributed by atoms with Crippen molar-refractivity contribution in [2.75, 3.05) is 6.54 Å². The Labute approximate surface area is 169 Å². The van der Waals surface area contributed by atoms with Gasteiger partial charge in [0.05, 0.1) is 10.9 Å². The predicted octanol–water partition coefficient (Wildman–Crippen LogP) is 4.56. The number of rotatable bonds is 3. The van der Waals surface area contributed by atoms with Gasteiger partial charge in [0.25, 0.3) is 5.92 Å². The smallest absolute Gasteiger partial charge is 0.410 e. The molecule has 1 saturated carbocycles. The summed E-state index contributed by atoms with van der Waals surface area (Å²) in [6.45, 7) is 5.27. The van der Waals surface area contributed by atoms with Gasteiger partial charge in [0.2, 0.25) is 0 Å². The van der Waals surface area contributed by atoms with Gasteiger partial charge in [-0.1, -0.05) is 6.07 Å². The van der Waals surface area contributed by atoms with E-state index in [1.165, 1.54) is 17.0 Å². The van der Waals surface area contributed by atoms with Gasteiger partial charge < -0.3 is 9.64 Å². The average Bonchev–Trinajstić information content (AvgIpc) is 2.57. The molecule has 1 aromatic carbocycles. The minimum atomic E-state index is -4.34. The van der Waals surface area contributed by atoms with E-state index in [0.717, 1.165) is 12.1 Å². The Morgan fingerprint density at radius 2 is 1.86 bits per heavy atom. The maximum atomic E-state index is 14.0. The fourth-order valence-corrected chi connectivity index (χ4v) is 6.72. The Balaban J connectivity index is 2.04. The van der Waals surface area contributed by atoms with Crippen LogP contribution in [0.3, 0.4) is 0 Å². The quantitative estimate of drug-likeness (QED) is 0.701. The van der Waals surface area contributed by atoms with Gasteiger partial charge in [-0.25, -0.2) is 26.4 Å². The third-order valence-electron chi connectivity index (χ3n) is 5.50. The summed E-state index contributed by atoms with van der Waals surface area (Å²) in [5.41, 5.74) is -0.808. The van der Waals surface area contributed by atoms with Gasteiger partial charge >= 0.3 is 6.09 Å². The number of likely N-dealkylation sites (tertiary alicyclic amines) is 1. The van der Waals surface area contributed by atoms with E-state index in [9.17, 15) is 26.4 Å². The summed E-state index contributed by atoms with van der Waals surface area (Å²) in [7, 11) is -4.34. The molecular formula is C20H26F3NO4S. The summed E-state index contributed by atoms with van der Waals surface area (Å²) in [6, 6.07) is 3.42. The number of sulfone groups is 1. The highest BCUT2D eigenvalue weighted by Gasteiger charge is 2.69. The van der Waals surface area contributed by atoms with Crippen molar-refractivity contribution in [2.45, 2.75) is 80.1 Å². The second kappa shape index (κ2) is 7.18. The number of halogens is 3. The van der Waals surface area contributed by atoms with E-state index in [2.05, 4.69) is 0 Å². The van der Waals surface area contributed by atoms with Gasteiger partial charge in [-0.2, -0.15) is 0 Å². The largest absolute Gasteiger partial charge is 0.444 e. The number of hydrogen-bond donors (Lipinski definition) is 0. The molecule has 0 N–H and O–H groups in total. The lowest BCUT2D eigenvalue weighted by Crippen LogP contribution is -2.69. The molecule has 1 heterocycles. The summed E-state index contributed by atoms with van der Waals surface area (Å²) < 4.78 is 72.2. The molecule has 29 heavy (non-hydrogen) atoms. The first kappa shape index (κ1) is 21.9. The fraction of sp³-hybridized carbons (Fsp3) is 0.650. The van der Waals surface area contributed by atoms with Crippen LogP contribution in [0.1, 0.15) is 52.9 Å². The minimum Gasteiger partial charge on any atom is -0.444 e. The molecule has 3 rings (SSSR count). The molecule has 2 aliphatic rings. The van der Waals surface area contributed by atoms with Crippen LogP contribution in [0.5, 0.6) is 0 Å². The Morgan fingerprint density at radius 3 is 2.41 bits per heavy atom. The SMILES string of the molecule is CC(C)(C)OC(=O)N1CCCCC1C1(S(=O)(=O)c2cccc(F)c2)CC(F)(F)C1. The molecule has 0 aromatic heterocycles. The standard InChI is InChI=1S/C20H26F3NO4S/c1-18(2,3)28-17(25)24-10-5-4-9-16(24)19(12-20(22,23)13-19)29(26,27)15-8-6-7-14(21)11-15/h6-8,11,16H,4-5,9-10,12-13H2,1-3H3. The Bertz CT molecular complexity index is 887. The van der Waals surface area contributed by atoms with Crippen molar-refractivity contribution in [3.63, 3.8) is 0 Å². The molecule has 162 valence electrons. The third kappa shape index (κ3) is 4.11. The molecule has 2 fully saturated rings. The van der Waals surface area contributed by atoms with E-state index in [0.29, 0.717) is 12.8 Å². The molecule has 1 saturated heterocycles. The van der Waals surface area contributed by atoms with Gasteiger partial charge in [-0.05, 0) is 58.2 Å². The molecule has 1 aliphatic heterocycles. The topological polar surface area (TPSA) is 63.7 Å². The number of carbonyl (C=O) groups is 1. The number of hydrogen-bond acceptors (Lipinski definition) is 4. The molecule has 0 bridgehead atoms. The molecule has 1 amide bonds. The summed E-state index contributed by atoms with van der Waals surface area (Å²) >= 11 is 0. The van der Waals surface area contributed by atoms with Crippen LogP contribution in [0.4, 0.5) is 18.0 Å². The normalized spacial score (nSPS) is 23.9. The zero-order valence-corrected chi connectivity index (χ0v) is 17.6. The van der Waals surface area contributed by atoms with E-state index in [1.54, 1.807) is 20.8 Å². The maximum Gasteiger partial charge on any atom is 0.410 e. The first-order valence-corrected chi connectivity index (χ1v) is 11.1. The van der Waals surface area contributed by atoms with Crippen molar-refractivity contribution in [2.24, 2.45) is 0 Å². The molecule has 9 heteroatoms. The third-order valence-corrected chi connectivity index (χ3v) is 8.00. The minimum absolute atomic E-state index is 0.228. The first-order chi connectivity index (χ1) is 13.3. The fourth-order valence-electron chi connectivity index (χ4n) is 4.32. The number of carbonyl (C=O) groups excluding carboxylic acids is 1. The zero-order chi connectivity index (χ0) is 21.7. The van der Waals surface area contributed by atoms with Crippen LogP contribution >= 0.6 is 0 Å². The highest BCUT2D eigenvalue weighted by atomic mass is 32.2. The van der Waals surface area contributed by atoms with Crippen molar-refractivity contribution < 1.29 is 31.1 Å². The summed E-state index contributed by atoms with van der Waals surface area (Å²) in [5.74, 6) is -3.92. The summed E-state index contributed by atoms with van der Waals surface area (Å²) in [5, 5.41) is 0. The zero-order valence-electron chi connectivity index (χ0n) is 16.8. The molecule has 0 spiro atoms. The lowest BCUT2D eigenvalue weighted by atomic mass is 9.72. The van der Waals surface area contributed by atoms with Gasteiger partial charge in [-0.15, -0.1) is 0 Å². The van der Waals surface area contributed by atoms with Crippen LogP contribution < -0.4 is 0 Å². The van der Waals surface area contributed by atoms with Crippen LogP contribution in [0.2, 0.25) is 0 Å². The monoisotopic (exact) mass is 433 g/mol. The van der Waals surface area contributed by atoms with Gasteiger partial charge in [0.1, 0.15) is 16.2 Å². The summed E-state index contributed by atoms with van der Waals surface area (Å²) in [6.07, 6.45) is -1.01. The number of ether oxygens (including phenoxy) is 1. The Hall–Kier alpha value is -1.77. The Morgan fingerprint density at radius 1 is 1.21 bits per heavy atom. The molecule has 1 aliphatic carbocycles. The van der Waals surface area contributed by atoms with E-state index in [1.807, 2.05) is 0 Å². The first-order valence-electron chi connectivity index (χ1n) is 9.65. The van der Waals surface area contributed by atoms with Crippen molar-refractivity contribution >= 4 is 15.9 Å². The second-order valence-electron chi connectivity index (χ2n) is 8.92. The van der Waals surface area contributed by atoms with Gasteiger partial charge in [0, 0.05) is 19.4 Å². The van der Waals surface area contributed by atoms with Crippen molar-refractivity contribution in [3.05, 3.63) is 30.1 Å². The highest BCUT2D eigenvalue weighted by Crippen LogP contribution is 2.56. The number of benzene rings is 1. The van der Waals surface area contributed by atoms with Crippen LogP contribution in [-0.4, -0.2) is 48.3 Å². The van der Waals surface area contributed by atoms with Crippen LogP contribution in [-0.2, 0) is 14.6 Å². The average molecular weight is 433 g/mol. The Kier molecular flexibility index (Phi) is 5.43. The number of alkyl halides is 2. The van der Waals surface area contributed by atoms with Crippen LogP contribution in [0.15, 0.2) is 29.2 Å². The second-order valence-corrected chi connectivity index (χ2v) is 11.2. The molecule has 1 unspecified atom stereocenters. The summed E-state index contributed by atoms with van der Waals surface area (Å²) in [4.78, 5) is 13.7. The maximum absolute atomic E-state index is 14.0. The van der Waals surface area contributed by atoms with Gasteiger partial charge in [-0.3, -0.25) is 0 Å². The number of nitrogens with zero attached hydrogens (tertiary/aromatic N) is 1. The van der Waals surface area contributed by atoms with Crippen molar-refractivity contribution in [1.82, 2.24) is 4.90 Å². The number of amides is 1. The lowest BCUT2D eigenvalue weighted by molar-refractivity contribution is -0.121. The van der Waals surface area contributed by atoms with E-state index in [-0.39, 0.29) is 17.9 Å². The van der Waals surface area contributed by atoms with Crippen LogP contribution in [0, 0.1) is 5.82 Å². The van der Waals surface area contributed by atoms with Crippen LogP contribution in [0.25, 0.3) is 0 Å². The predicted molar refractivity (Wildman–Crippen MR) is 101 cm³/mol. The van der Waals surface area contributed by atoms with E-state index in [4.69, 9.17) is 4.74 Å². The number of piperidine rings is 1. The van der Waals surface area contributed by atoms with E-state index < -0.39 is 56.9 Å². The van der Waals surface area contributed by atoms with E-state index >= 15 is 0 Å². The molecule has 0 radical (unpaired) electrons. The molecule has 1 aromatic rings. The molecule has 1 atom stereocenters. The van der Waals surface area contributed by atoms with Crippen molar-refractivity contribution in [3.8, 4) is 0 Å². The molecular weight excluding hydrogens is 407 g/mol. The highest BCUT2D eigenvalue weighted by molar-refractivity contribution is 7.93. The van der Waals surface area contributed by atoms with Gasteiger partial charge in [0.15, 0.2) is 9.84 Å². The molecule has 5 nitrogen and oxygen atoms in total.